The van der Waals surface area contributed by atoms with Crippen molar-refractivity contribution in [3.05, 3.63) is 34.4 Å². The van der Waals surface area contributed by atoms with Crippen molar-refractivity contribution in [3.63, 3.8) is 0 Å². The van der Waals surface area contributed by atoms with Crippen LogP contribution in [0.15, 0.2) is 12.1 Å². The fourth-order valence-electron chi connectivity index (χ4n) is 3.55. The molecule has 146 valence electrons. The first-order valence-electron chi connectivity index (χ1n) is 9.20. The molecule has 1 aromatic carbocycles. The number of amides is 1. The summed E-state index contributed by atoms with van der Waals surface area (Å²) >= 11 is 0. The number of benzene rings is 1. The van der Waals surface area contributed by atoms with Gasteiger partial charge in [-0.3, -0.25) is 0 Å². The van der Waals surface area contributed by atoms with Crippen molar-refractivity contribution in [1.29, 1.82) is 0 Å². The first-order valence-corrected chi connectivity index (χ1v) is 9.20. The number of nitrogens with zero attached hydrogens (tertiary/aromatic N) is 1. The van der Waals surface area contributed by atoms with Crippen LogP contribution in [0.4, 0.5) is 4.79 Å². The van der Waals surface area contributed by atoms with E-state index in [1.807, 2.05) is 13.0 Å². The fraction of sp³-hybridized carbons (Fsp3) is 0.579. The van der Waals surface area contributed by atoms with Gasteiger partial charge in [-0.25, -0.2) is 9.59 Å². The maximum Gasteiger partial charge on any atom is 0.410 e. The predicted octanol–water partition coefficient (Wildman–Crippen LogP) is 0.899. The second-order valence-corrected chi connectivity index (χ2v) is 8.43. The molecule has 1 saturated heterocycles. The third-order valence-corrected chi connectivity index (χ3v) is 5.00. The van der Waals surface area contributed by atoms with E-state index in [0.29, 0.717) is 12.1 Å². The van der Waals surface area contributed by atoms with Gasteiger partial charge < -0.3 is 24.8 Å². The summed E-state index contributed by atoms with van der Waals surface area (Å²) in [5.41, 5.74) is 2.48. The molecule has 9 heteroatoms. The highest BCUT2D eigenvalue weighted by Gasteiger charge is 2.39. The molecule has 0 bridgehead atoms. The highest BCUT2D eigenvalue weighted by atomic mass is 16.6. The minimum absolute atomic E-state index is 0.0977. The number of nitrogens with one attached hydrogen (secondary N) is 1. The molecule has 0 spiro atoms. The standard InChI is InChI=1S/C19H24B2N2O5/c1-10-11(5-6-12-13(10)9-27-16(12)24)14-7-23(17(25)28-18(2,3)4)8-15(22-14)19(20,21)26/h5-6,14-15,22,26H,7-9H2,1-4H3. The van der Waals surface area contributed by atoms with Gasteiger partial charge in [-0.2, -0.15) is 0 Å². The van der Waals surface area contributed by atoms with Crippen molar-refractivity contribution >= 4 is 27.8 Å². The lowest BCUT2D eigenvalue weighted by atomic mass is 9.60. The van der Waals surface area contributed by atoms with E-state index in [-0.39, 0.29) is 25.2 Å². The molecule has 0 aromatic heterocycles. The maximum atomic E-state index is 12.6. The summed E-state index contributed by atoms with van der Waals surface area (Å²) in [7, 11) is 11.4. The molecule has 7 nitrogen and oxygen atoms in total. The number of carbonyl (C=O) groups excluding carboxylic acids is 2. The van der Waals surface area contributed by atoms with Crippen molar-refractivity contribution in [3.8, 4) is 0 Å². The zero-order valence-electron chi connectivity index (χ0n) is 16.6. The molecule has 2 aliphatic heterocycles. The van der Waals surface area contributed by atoms with Gasteiger partial charge in [0.25, 0.3) is 0 Å². The van der Waals surface area contributed by atoms with Gasteiger partial charge in [-0.1, -0.05) is 6.07 Å². The monoisotopic (exact) mass is 382 g/mol. The molecule has 2 unspecified atom stereocenters. The second kappa shape index (κ2) is 7.12. The number of esters is 1. The van der Waals surface area contributed by atoms with Gasteiger partial charge in [0.15, 0.2) is 0 Å². The van der Waals surface area contributed by atoms with Gasteiger partial charge in [-0.15, -0.1) is 0 Å². The van der Waals surface area contributed by atoms with E-state index >= 15 is 0 Å². The lowest BCUT2D eigenvalue weighted by Gasteiger charge is -2.44. The van der Waals surface area contributed by atoms with Crippen LogP contribution in [0.25, 0.3) is 0 Å². The zero-order chi connectivity index (χ0) is 20.9. The highest BCUT2D eigenvalue weighted by Crippen LogP contribution is 2.31. The van der Waals surface area contributed by atoms with E-state index in [1.165, 1.54) is 4.90 Å². The molecule has 0 aliphatic carbocycles. The Bertz CT molecular complexity index is 801. The molecule has 0 saturated carbocycles. The summed E-state index contributed by atoms with van der Waals surface area (Å²) in [5, 5.41) is 11.3. The summed E-state index contributed by atoms with van der Waals surface area (Å²) in [5.74, 6) is -0.340. The lowest BCUT2D eigenvalue weighted by molar-refractivity contribution is 0.00747. The van der Waals surface area contributed by atoms with Crippen molar-refractivity contribution in [2.75, 3.05) is 13.1 Å². The smallest absolute Gasteiger partial charge is 0.410 e. The average molecular weight is 382 g/mol. The Morgan fingerprint density at radius 3 is 2.61 bits per heavy atom. The van der Waals surface area contributed by atoms with Crippen LogP contribution < -0.4 is 5.32 Å². The lowest BCUT2D eigenvalue weighted by Crippen LogP contribution is -2.64. The Labute approximate surface area is 167 Å². The molecular formula is C19H24B2N2O5. The van der Waals surface area contributed by atoms with Gasteiger partial charge >= 0.3 is 12.1 Å². The van der Waals surface area contributed by atoms with Gasteiger partial charge in [0, 0.05) is 30.1 Å². The van der Waals surface area contributed by atoms with E-state index < -0.39 is 23.1 Å². The van der Waals surface area contributed by atoms with Gasteiger partial charge in [0.05, 0.1) is 11.6 Å². The summed E-state index contributed by atoms with van der Waals surface area (Å²) in [4.78, 5) is 25.9. The first-order chi connectivity index (χ1) is 12.9. The number of rotatable bonds is 2. The predicted molar refractivity (Wildman–Crippen MR) is 104 cm³/mol. The number of piperazine rings is 1. The number of fused-ring (bicyclic) bond motifs is 1. The molecule has 1 fully saturated rings. The Balaban J connectivity index is 1.92. The van der Waals surface area contributed by atoms with Crippen LogP contribution in [0.1, 0.15) is 53.9 Å². The first kappa shape index (κ1) is 20.7. The minimum Gasteiger partial charge on any atom is -0.457 e. The minimum atomic E-state index is -2.03. The summed E-state index contributed by atoms with van der Waals surface area (Å²) < 4.78 is 10.6. The van der Waals surface area contributed by atoms with Crippen LogP contribution in [-0.4, -0.2) is 67.9 Å². The summed E-state index contributed by atoms with van der Waals surface area (Å²) in [6.07, 6.45) is -0.509. The molecule has 2 aliphatic rings. The molecule has 4 radical (unpaired) electrons. The molecule has 2 atom stereocenters. The SMILES string of the molecule is [B]C([B])(O)C1CN(C(=O)OC(C)(C)C)CC(c2ccc3c(c2C)COC3=O)N1. The van der Waals surface area contributed by atoms with Crippen LogP contribution in [-0.2, 0) is 16.1 Å². The molecular weight excluding hydrogens is 358 g/mol. The van der Waals surface area contributed by atoms with Crippen molar-refractivity contribution < 1.29 is 24.2 Å². The van der Waals surface area contributed by atoms with Gasteiger partial charge in [0.2, 0.25) is 0 Å². The third-order valence-electron chi connectivity index (χ3n) is 5.00. The van der Waals surface area contributed by atoms with Crippen LogP contribution in [0.5, 0.6) is 0 Å². The van der Waals surface area contributed by atoms with Crippen molar-refractivity contribution in [1.82, 2.24) is 10.2 Å². The molecule has 1 amide bonds. The van der Waals surface area contributed by atoms with Crippen LogP contribution in [0.2, 0.25) is 0 Å². The Kier molecular flexibility index (Phi) is 5.27. The van der Waals surface area contributed by atoms with E-state index in [2.05, 4.69) is 5.32 Å². The molecule has 2 N–H and O–H groups in total. The van der Waals surface area contributed by atoms with Crippen LogP contribution >= 0.6 is 0 Å². The van der Waals surface area contributed by atoms with E-state index in [4.69, 9.17) is 25.2 Å². The van der Waals surface area contributed by atoms with E-state index in [1.54, 1.807) is 26.8 Å². The largest absolute Gasteiger partial charge is 0.457 e. The molecule has 2 heterocycles. The third kappa shape index (κ3) is 4.20. The number of cyclic esters (lactones) is 1. The number of ether oxygens (including phenoxy) is 2. The van der Waals surface area contributed by atoms with E-state index in [0.717, 1.165) is 16.7 Å². The molecule has 3 rings (SSSR count). The van der Waals surface area contributed by atoms with Crippen LogP contribution in [0.3, 0.4) is 0 Å². The van der Waals surface area contributed by atoms with Crippen molar-refractivity contribution in [2.24, 2.45) is 0 Å². The fourth-order valence-corrected chi connectivity index (χ4v) is 3.55. The Morgan fingerprint density at radius 2 is 2.00 bits per heavy atom. The maximum absolute atomic E-state index is 12.6. The van der Waals surface area contributed by atoms with Gasteiger partial charge in [0.1, 0.15) is 27.9 Å². The van der Waals surface area contributed by atoms with Gasteiger partial charge in [-0.05, 0) is 44.9 Å². The summed E-state index contributed by atoms with van der Waals surface area (Å²) in [6.45, 7) is 7.87. The quantitative estimate of drug-likeness (QED) is 0.584. The highest BCUT2D eigenvalue weighted by molar-refractivity contribution is 6.39. The van der Waals surface area contributed by atoms with Crippen molar-refractivity contribution in [2.45, 2.75) is 57.4 Å². The Morgan fingerprint density at radius 1 is 1.32 bits per heavy atom. The molecule has 28 heavy (non-hydrogen) atoms. The zero-order valence-corrected chi connectivity index (χ0v) is 16.6. The second-order valence-electron chi connectivity index (χ2n) is 8.43. The summed E-state index contributed by atoms with van der Waals surface area (Å²) in [6, 6.07) is 2.41. The van der Waals surface area contributed by atoms with Crippen LogP contribution in [0, 0.1) is 6.92 Å². The number of hydrogen-bond acceptors (Lipinski definition) is 6. The van der Waals surface area contributed by atoms with E-state index in [9.17, 15) is 14.7 Å². The average Bonchev–Trinajstić information content (AvgIpc) is 2.94. The number of carbonyl (C=O) groups is 2. The normalized spacial score (nSPS) is 22.6. The Hall–Kier alpha value is -1.99. The number of aliphatic hydroxyl groups is 1. The number of hydrogen-bond donors (Lipinski definition) is 2. The topological polar surface area (TPSA) is 88.1 Å². The molecule has 1 aromatic rings.